The van der Waals surface area contributed by atoms with Crippen LogP contribution in [0.25, 0.3) is 0 Å². The summed E-state index contributed by atoms with van der Waals surface area (Å²) in [5.41, 5.74) is 1.47. The summed E-state index contributed by atoms with van der Waals surface area (Å²) in [7, 11) is 0. The minimum atomic E-state index is 0.403. The highest BCUT2D eigenvalue weighted by Crippen LogP contribution is 2.35. The Hall–Kier alpha value is -0.470. The van der Waals surface area contributed by atoms with Gasteiger partial charge in [0.25, 0.3) is 0 Å². The first kappa shape index (κ1) is 13.0. The highest BCUT2D eigenvalue weighted by atomic mass is 32.2. The summed E-state index contributed by atoms with van der Waals surface area (Å²) < 4.78 is 0.403. The summed E-state index contributed by atoms with van der Waals surface area (Å²) in [5.74, 6) is 1.26. The minimum Gasteiger partial charge on any atom is -0.294 e. The molecule has 2 heteroatoms. The second-order valence-electron chi connectivity index (χ2n) is 5.41. The smallest absolute Gasteiger partial charge is 0.0346 e. The molecule has 0 spiro atoms. The van der Waals surface area contributed by atoms with E-state index in [1.807, 2.05) is 0 Å². The summed E-state index contributed by atoms with van der Waals surface area (Å²) >= 11 is 2.11. The molecule has 2 rings (SSSR count). The Morgan fingerprint density at radius 1 is 1.29 bits per heavy atom. The minimum absolute atomic E-state index is 0.403. The molecule has 0 aromatic heterocycles. The Balaban J connectivity index is 2.13. The van der Waals surface area contributed by atoms with Gasteiger partial charge in [-0.05, 0) is 25.8 Å². The zero-order valence-electron chi connectivity index (χ0n) is 11.1. The molecule has 1 aliphatic heterocycles. The molecule has 1 aromatic rings. The van der Waals surface area contributed by atoms with Gasteiger partial charge < -0.3 is 0 Å². The van der Waals surface area contributed by atoms with Gasteiger partial charge in [-0.25, -0.2) is 0 Å². The zero-order chi connectivity index (χ0) is 12.3. The zero-order valence-corrected chi connectivity index (χ0v) is 12.0. The molecule has 94 valence electrons. The summed E-state index contributed by atoms with van der Waals surface area (Å²) in [6, 6.07) is 11.5. The number of hydrogen-bond acceptors (Lipinski definition) is 2. The Morgan fingerprint density at radius 3 is 2.59 bits per heavy atom. The predicted octanol–water partition coefficient (Wildman–Crippen LogP) is 3.97. The van der Waals surface area contributed by atoms with Crippen molar-refractivity contribution in [2.24, 2.45) is 0 Å². The average Bonchev–Trinajstić information content (AvgIpc) is 2.30. The van der Waals surface area contributed by atoms with Gasteiger partial charge in [0, 0.05) is 29.6 Å². The summed E-state index contributed by atoms with van der Waals surface area (Å²) in [6.45, 7) is 9.45. The number of hydrogen-bond donors (Lipinski definition) is 0. The molecular weight excluding hydrogens is 226 g/mol. The lowest BCUT2D eigenvalue weighted by Gasteiger charge is -2.41. The van der Waals surface area contributed by atoms with Crippen molar-refractivity contribution in [3.63, 3.8) is 0 Å². The largest absolute Gasteiger partial charge is 0.294 e. The monoisotopic (exact) mass is 249 g/mol. The van der Waals surface area contributed by atoms with E-state index >= 15 is 0 Å². The maximum absolute atomic E-state index is 2.66. The molecular formula is C15H23NS. The van der Waals surface area contributed by atoms with Crippen LogP contribution in [0, 0.1) is 0 Å². The first-order chi connectivity index (χ1) is 8.12. The summed E-state index contributed by atoms with van der Waals surface area (Å²) in [4.78, 5) is 2.66. The summed E-state index contributed by atoms with van der Waals surface area (Å²) in [6.07, 6.45) is 1.20. The van der Waals surface area contributed by atoms with Gasteiger partial charge in [-0.1, -0.05) is 37.3 Å². The van der Waals surface area contributed by atoms with Crippen molar-refractivity contribution in [1.82, 2.24) is 4.90 Å². The van der Waals surface area contributed by atoms with Crippen molar-refractivity contribution < 1.29 is 0 Å². The van der Waals surface area contributed by atoms with Gasteiger partial charge in [0.2, 0.25) is 0 Å². The van der Waals surface area contributed by atoms with E-state index in [0.717, 1.165) is 0 Å². The van der Waals surface area contributed by atoms with E-state index in [4.69, 9.17) is 0 Å². The van der Waals surface area contributed by atoms with E-state index < -0.39 is 0 Å². The van der Waals surface area contributed by atoms with Gasteiger partial charge in [0.1, 0.15) is 0 Å². The molecule has 1 saturated heterocycles. The number of nitrogens with zero attached hydrogens (tertiary/aromatic N) is 1. The van der Waals surface area contributed by atoms with Gasteiger partial charge in [-0.15, -0.1) is 0 Å². The Morgan fingerprint density at radius 2 is 2.00 bits per heavy atom. The number of benzene rings is 1. The van der Waals surface area contributed by atoms with Crippen molar-refractivity contribution in [1.29, 1.82) is 0 Å². The standard InChI is InChI=1S/C15H23NS/c1-4-14(13-8-6-5-7-9-13)16-10-11-17-15(2,3)12-16/h5-9,14H,4,10-12H2,1-3H3/t14-/m1/s1. The Kier molecular flexibility index (Phi) is 4.16. The van der Waals surface area contributed by atoms with Crippen LogP contribution in [0.3, 0.4) is 0 Å². The molecule has 1 fully saturated rings. The van der Waals surface area contributed by atoms with Gasteiger partial charge in [-0.2, -0.15) is 11.8 Å². The molecule has 0 unspecified atom stereocenters. The van der Waals surface area contributed by atoms with Crippen molar-refractivity contribution in [3.05, 3.63) is 35.9 Å². The molecule has 1 aromatic carbocycles. The fraction of sp³-hybridized carbons (Fsp3) is 0.600. The number of thioether (sulfide) groups is 1. The van der Waals surface area contributed by atoms with Gasteiger partial charge in [-0.3, -0.25) is 4.90 Å². The van der Waals surface area contributed by atoms with E-state index in [1.165, 1.54) is 30.8 Å². The molecule has 0 aliphatic carbocycles. The van der Waals surface area contributed by atoms with Crippen molar-refractivity contribution in [2.75, 3.05) is 18.8 Å². The lowest BCUT2D eigenvalue weighted by atomic mass is 10.0. The first-order valence-electron chi connectivity index (χ1n) is 6.55. The molecule has 1 heterocycles. The predicted molar refractivity (Wildman–Crippen MR) is 77.6 cm³/mol. The molecule has 0 saturated carbocycles. The molecule has 1 atom stereocenters. The van der Waals surface area contributed by atoms with E-state index in [9.17, 15) is 0 Å². The molecule has 1 aliphatic rings. The number of rotatable bonds is 3. The molecule has 0 bridgehead atoms. The van der Waals surface area contributed by atoms with E-state index in [2.05, 4.69) is 67.8 Å². The second-order valence-corrected chi connectivity index (χ2v) is 7.22. The van der Waals surface area contributed by atoms with Gasteiger partial charge in [0.05, 0.1) is 0 Å². The van der Waals surface area contributed by atoms with Crippen LogP contribution in [-0.2, 0) is 0 Å². The molecule has 17 heavy (non-hydrogen) atoms. The fourth-order valence-corrected chi connectivity index (χ4v) is 3.83. The van der Waals surface area contributed by atoms with Crippen LogP contribution < -0.4 is 0 Å². The molecule has 0 N–H and O–H groups in total. The first-order valence-corrected chi connectivity index (χ1v) is 7.54. The van der Waals surface area contributed by atoms with Gasteiger partial charge >= 0.3 is 0 Å². The van der Waals surface area contributed by atoms with Crippen LogP contribution in [0.15, 0.2) is 30.3 Å². The Labute approximate surface area is 110 Å². The molecule has 1 nitrogen and oxygen atoms in total. The van der Waals surface area contributed by atoms with E-state index in [0.29, 0.717) is 10.8 Å². The van der Waals surface area contributed by atoms with Crippen LogP contribution in [0.1, 0.15) is 38.8 Å². The third-order valence-electron chi connectivity index (χ3n) is 3.47. The molecule has 0 amide bonds. The van der Waals surface area contributed by atoms with Crippen LogP contribution in [0.4, 0.5) is 0 Å². The lowest BCUT2D eigenvalue weighted by Crippen LogP contribution is -2.44. The van der Waals surface area contributed by atoms with E-state index in [1.54, 1.807) is 0 Å². The highest BCUT2D eigenvalue weighted by molar-refractivity contribution is 8.00. The third-order valence-corrected chi connectivity index (χ3v) is 4.76. The second kappa shape index (κ2) is 5.45. The fourth-order valence-electron chi connectivity index (χ4n) is 2.70. The third kappa shape index (κ3) is 3.26. The van der Waals surface area contributed by atoms with E-state index in [-0.39, 0.29) is 0 Å². The maximum atomic E-state index is 2.66. The lowest BCUT2D eigenvalue weighted by molar-refractivity contribution is 0.183. The van der Waals surface area contributed by atoms with Crippen molar-refractivity contribution >= 4 is 11.8 Å². The van der Waals surface area contributed by atoms with Crippen molar-refractivity contribution in [2.45, 2.75) is 38.0 Å². The Bertz CT molecular complexity index is 347. The quantitative estimate of drug-likeness (QED) is 0.797. The topological polar surface area (TPSA) is 3.24 Å². The molecule has 0 radical (unpaired) electrons. The normalized spacial score (nSPS) is 22.3. The van der Waals surface area contributed by atoms with Crippen LogP contribution in [-0.4, -0.2) is 28.5 Å². The highest BCUT2D eigenvalue weighted by Gasteiger charge is 2.30. The van der Waals surface area contributed by atoms with Crippen LogP contribution in [0.5, 0.6) is 0 Å². The van der Waals surface area contributed by atoms with Crippen LogP contribution >= 0.6 is 11.8 Å². The average molecular weight is 249 g/mol. The maximum Gasteiger partial charge on any atom is 0.0346 e. The van der Waals surface area contributed by atoms with Gasteiger partial charge in [0.15, 0.2) is 0 Å². The van der Waals surface area contributed by atoms with Crippen LogP contribution in [0.2, 0.25) is 0 Å². The van der Waals surface area contributed by atoms with Crippen molar-refractivity contribution in [3.8, 4) is 0 Å². The summed E-state index contributed by atoms with van der Waals surface area (Å²) in [5, 5.41) is 0. The SMILES string of the molecule is CC[C@H](c1ccccc1)N1CCSC(C)(C)C1.